The lowest BCUT2D eigenvalue weighted by atomic mass is 10.1. The lowest BCUT2D eigenvalue weighted by Gasteiger charge is -2.22. The summed E-state index contributed by atoms with van der Waals surface area (Å²) in [4.78, 5) is 26.9. The second kappa shape index (κ2) is 5.84. The molecule has 2 aromatic heterocycles. The fraction of sp³-hybridized carbons (Fsp3) is 0.462. The molecule has 3 rings (SSSR count). The van der Waals surface area contributed by atoms with Crippen molar-refractivity contribution in [1.29, 1.82) is 0 Å². The Hall–Kier alpha value is -2.29. The molecule has 0 spiro atoms. The van der Waals surface area contributed by atoms with E-state index in [0.29, 0.717) is 5.56 Å². The van der Waals surface area contributed by atoms with Gasteiger partial charge >= 0.3 is 5.00 Å². The second-order valence-corrected chi connectivity index (χ2v) is 5.95. The number of aromatic nitrogens is 3. The van der Waals surface area contributed by atoms with Crippen LogP contribution >= 0.6 is 11.3 Å². The van der Waals surface area contributed by atoms with Crippen LogP contribution in [0.2, 0.25) is 0 Å². The number of hydrogen-bond acceptors (Lipinski definition) is 6. The number of carbonyl (C=O) groups excluding carboxylic acids is 1. The third-order valence-electron chi connectivity index (χ3n) is 3.57. The van der Waals surface area contributed by atoms with Crippen molar-refractivity contribution in [2.24, 2.45) is 0 Å². The second-order valence-electron chi connectivity index (χ2n) is 5.06. The van der Waals surface area contributed by atoms with Crippen molar-refractivity contribution in [3.8, 4) is 0 Å². The van der Waals surface area contributed by atoms with E-state index in [0.717, 1.165) is 48.8 Å². The molecule has 116 valence electrons. The van der Waals surface area contributed by atoms with E-state index in [4.69, 9.17) is 0 Å². The Kier molecular flexibility index (Phi) is 3.88. The van der Waals surface area contributed by atoms with E-state index >= 15 is 0 Å². The molecule has 0 aliphatic carbocycles. The molecule has 0 aromatic carbocycles. The van der Waals surface area contributed by atoms with Crippen molar-refractivity contribution in [3.63, 3.8) is 0 Å². The molecule has 0 bridgehead atoms. The van der Waals surface area contributed by atoms with Crippen molar-refractivity contribution >= 4 is 22.2 Å². The molecule has 0 radical (unpaired) electrons. The number of nitrogens with one attached hydrogen (secondary N) is 1. The van der Waals surface area contributed by atoms with Crippen LogP contribution in [0.3, 0.4) is 0 Å². The molecule has 1 amide bonds. The van der Waals surface area contributed by atoms with Crippen LogP contribution in [0.4, 0.5) is 5.00 Å². The molecule has 1 atom stereocenters. The van der Waals surface area contributed by atoms with Crippen LogP contribution in [0, 0.1) is 10.1 Å². The molecule has 2 aromatic rings. The summed E-state index contributed by atoms with van der Waals surface area (Å²) in [6, 6.07) is 1.10. The van der Waals surface area contributed by atoms with E-state index in [-0.39, 0.29) is 17.0 Å². The van der Waals surface area contributed by atoms with Gasteiger partial charge in [0.2, 0.25) is 0 Å². The molecular weight excluding hydrogens is 306 g/mol. The highest BCUT2D eigenvalue weighted by atomic mass is 32.1. The number of fused-ring (bicyclic) bond motifs is 1. The molecule has 1 N–H and O–H groups in total. The number of nitro groups is 1. The summed E-state index contributed by atoms with van der Waals surface area (Å²) in [6.45, 7) is 2.79. The minimum Gasteiger partial charge on any atom is -0.342 e. The first kappa shape index (κ1) is 14.6. The van der Waals surface area contributed by atoms with Gasteiger partial charge < -0.3 is 5.32 Å². The zero-order chi connectivity index (χ0) is 15.7. The Bertz CT molecular complexity index is 723. The zero-order valence-electron chi connectivity index (χ0n) is 12.0. The Morgan fingerprint density at radius 1 is 1.64 bits per heavy atom. The average molecular weight is 321 g/mol. The summed E-state index contributed by atoms with van der Waals surface area (Å²) in [7, 11) is 0. The van der Waals surface area contributed by atoms with Crippen LogP contribution in [-0.4, -0.2) is 25.6 Å². The van der Waals surface area contributed by atoms with E-state index < -0.39 is 4.92 Å². The first-order valence-corrected chi connectivity index (χ1v) is 7.94. The fourth-order valence-corrected chi connectivity index (χ4v) is 3.17. The summed E-state index contributed by atoms with van der Waals surface area (Å²) in [5, 5.41) is 19.4. The van der Waals surface area contributed by atoms with Crippen molar-refractivity contribution < 1.29 is 9.72 Å². The lowest BCUT2D eigenvalue weighted by molar-refractivity contribution is -0.380. The highest BCUT2D eigenvalue weighted by Crippen LogP contribution is 2.26. The fourth-order valence-electron chi connectivity index (χ4n) is 2.47. The third-order valence-corrected chi connectivity index (χ3v) is 4.45. The lowest BCUT2D eigenvalue weighted by Crippen LogP contribution is -2.33. The molecule has 1 aliphatic heterocycles. The van der Waals surface area contributed by atoms with Gasteiger partial charge in [0.1, 0.15) is 5.82 Å². The van der Waals surface area contributed by atoms with Crippen LogP contribution in [0.1, 0.15) is 47.8 Å². The van der Waals surface area contributed by atoms with Gasteiger partial charge in [0.15, 0.2) is 5.82 Å². The van der Waals surface area contributed by atoms with Gasteiger partial charge in [-0.05, 0) is 12.8 Å². The number of rotatable bonds is 4. The largest absolute Gasteiger partial charge is 0.342 e. The van der Waals surface area contributed by atoms with Crippen LogP contribution in [0.15, 0.2) is 11.4 Å². The number of nitrogens with zero attached hydrogens (tertiary/aromatic N) is 4. The number of carbonyl (C=O) groups is 1. The summed E-state index contributed by atoms with van der Waals surface area (Å²) in [5.74, 6) is 1.22. The van der Waals surface area contributed by atoms with Crippen LogP contribution < -0.4 is 5.32 Å². The number of aryl methyl sites for hydroxylation is 2. The normalized spacial score (nSPS) is 17.0. The van der Waals surface area contributed by atoms with E-state index in [2.05, 4.69) is 15.4 Å². The van der Waals surface area contributed by atoms with Crippen LogP contribution in [0.5, 0.6) is 0 Å². The molecule has 0 saturated heterocycles. The predicted molar refractivity (Wildman–Crippen MR) is 79.8 cm³/mol. The van der Waals surface area contributed by atoms with Gasteiger partial charge in [0.05, 0.1) is 16.5 Å². The number of hydrogen-bond donors (Lipinski definition) is 1. The van der Waals surface area contributed by atoms with Gasteiger partial charge in [-0.15, -0.1) is 0 Å². The molecule has 0 fully saturated rings. The Morgan fingerprint density at radius 3 is 3.14 bits per heavy atom. The maximum Gasteiger partial charge on any atom is 0.324 e. The van der Waals surface area contributed by atoms with Crippen molar-refractivity contribution in [2.75, 3.05) is 0 Å². The minimum absolute atomic E-state index is 0.0368. The molecule has 3 heterocycles. The van der Waals surface area contributed by atoms with Gasteiger partial charge in [-0.3, -0.25) is 14.9 Å². The van der Waals surface area contributed by atoms with Gasteiger partial charge in [-0.1, -0.05) is 18.3 Å². The molecule has 1 aliphatic rings. The van der Waals surface area contributed by atoms with Gasteiger partial charge in [-0.25, -0.2) is 9.67 Å². The monoisotopic (exact) mass is 321 g/mol. The highest BCUT2D eigenvalue weighted by molar-refractivity contribution is 7.13. The maximum atomic E-state index is 12.3. The average Bonchev–Trinajstić information content (AvgIpc) is 3.14. The van der Waals surface area contributed by atoms with E-state index in [1.165, 1.54) is 11.4 Å². The topological polar surface area (TPSA) is 103 Å². The van der Waals surface area contributed by atoms with E-state index in [1.54, 1.807) is 0 Å². The SMILES string of the molecule is CCc1nc2n(n1)CCC[C@@H]2NC(=O)c1csc([N+](=O)[O-])c1. The summed E-state index contributed by atoms with van der Waals surface area (Å²) in [6.07, 6.45) is 2.45. The van der Waals surface area contributed by atoms with Gasteiger partial charge in [0.25, 0.3) is 5.91 Å². The standard InChI is InChI=1S/C13H15N5O3S/c1-2-10-15-12-9(4-3-5-17(12)16-10)14-13(19)8-6-11(18(20)21)22-7-8/h6-7,9H,2-5H2,1H3,(H,14,19)/t9-/m0/s1. The summed E-state index contributed by atoms with van der Waals surface area (Å²) >= 11 is 0.948. The van der Waals surface area contributed by atoms with Crippen LogP contribution in [-0.2, 0) is 13.0 Å². The Morgan fingerprint density at radius 2 is 2.45 bits per heavy atom. The molecule has 0 saturated carbocycles. The molecule has 22 heavy (non-hydrogen) atoms. The third kappa shape index (κ3) is 2.71. The molecule has 8 nitrogen and oxygen atoms in total. The Balaban J connectivity index is 1.77. The number of amides is 1. The zero-order valence-corrected chi connectivity index (χ0v) is 12.8. The van der Waals surface area contributed by atoms with Gasteiger partial charge in [0, 0.05) is 24.4 Å². The first-order valence-electron chi connectivity index (χ1n) is 7.06. The van der Waals surface area contributed by atoms with E-state index in [1.807, 2.05) is 11.6 Å². The molecule has 9 heteroatoms. The Labute approximate surface area is 130 Å². The summed E-state index contributed by atoms with van der Waals surface area (Å²) in [5.41, 5.74) is 0.309. The van der Waals surface area contributed by atoms with Gasteiger partial charge in [-0.2, -0.15) is 5.10 Å². The quantitative estimate of drug-likeness (QED) is 0.686. The molecular formula is C13H15N5O3S. The summed E-state index contributed by atoms with van der Waals surface area (Å²) < 4.78 is 1.84. The smallest absolute Gasteiger partial charge is 0.324 e. The number of thiophene rings is 1. The maximum absolute atomic E-state index is 12.3. The van der Waals surface area contributed by atoms with Crippen LogP contribution in [0.25, 0.3) is 0 Å². The van der Waals surface area contributed by atoms with E-state index in [9.17, 15) is 14.9 Å². The highest BCUT2D eigenvalue weighted by Gasteiger charge is 2.26. The van der Waals surface area contributed by atoms with Crippen molar-refractivity contribution in [3.05, 3.63) is 38.8 Å². The molecule has 0 unspecified atom stereocenters. The predicted octanol–water partition coefficient (Wildman–Crippen LogP) is 2.08. The van der Waals surface area contributed by atoms with Crippen molar-refractivity contribution in [1.82, 2.24) is 20.1 Å². The van der Waals surface area contributed by atoms with Crippen molar-refractivity contribution in [2.45, 2.75) is 38.8 Å². The minimum atomic E-state index is -0.494. The first-order chi connectivity index (χ1) is 10.6.